The van der Waals surface area contributed by atoms with Crippen LogP contribution in [0.4, 0.5) is 0 Å². The maximum absolute atomic E-state index is 11.5. The van der Waals surface area contributed by atoms with Crippen LogP contribution < -0.4 is 5.73 Å². The van der Waals surface area contributed by atoms with Crippen molar-refractivity contribution >= 4 is 5.91 Å². The summed E-state index contributed by atoms with van der Waals surface area (Å²) < 4.78 is 0. The first-order chi connectivity index (χ1) is 6.19. The zero-order chi connectivity index (χ0) is 9.84. The highest BCUT2D eigenvalue weighted by molar-refractivity contribution is 5.76. The number of hydrogen-bond donors (Lipinski definition) is 1. The molecule has 3 heteroatoms. The number of likely N-dealkylation sites (tertiary alicyclic amines) is 1. The molecule has 3 nitrogen and oxygen atoms in total. The highest BCUT2D eigenvalue weighted by Gasteiger charge is 2.27. The minimum atomic E-state index is 0.252. The molecule has 1 amide bonds. The standard InChI is InChI=1S/C10H20N2O/c1-3-10(13)12-5-4-8(2)6-9(12)7-11/h8-9H,3-7,11H2,1-2H3. The predicted molar refractivity (Wildman–Crippen MR) is 53.2 cm³/mol. The van der Waals surface area contributed by atoms with Crippen molar-refractivity contribution in [2.24, 2.45) is 11.7 Å². The lowest BCUT2D eigenvalue weighted by Crippen LogP contribution is -2.49. The molecule has 0 aromatic rings. The normalized spacial score (nSPS) is 29.0. The number of hydrogen-bond acceptors (Lipinski definition) is 2. The van der Waals surface area contributed by atoms with E-state index in [2.05, 4.69) is 6.92 Å². The Morgan fingerprint density at radius 2 is 2.31 bits per heavy atom. The second kappa shape index (κ2) is 4.61. The summed E-state index contributed by atoms with van der Waals surface area (Å²) in [5.41, 5.74) is 5.65. The molecule has 1 rings (SSSR count). The molecule has 2 N–H and O–H groups in total. The molecule has 1 saturated heterocycles. The van der Waals surface area contributed by atoms with E-state index in [1.54, 1.807) is 0 Å². The third-order valence-corrected chi connectivity index (χ3v) is 2.87. The third-order valence-electron chi connectivity index (χ3n) is 2.87. The van der Waals surface area contributed by atoms with Crippen LogP contribution in [0.3, 0.4) is 0 Å². The van der Waals surface area contributed by atoms with Crippen molar-refractivity contribution in [3.63, 3.8) is 0 Å². The topological polar surface area (TPSA) is 46.3 Å². The van der Waals surface area contributed by atoms with Crippen LogP contribution in [0.1, 0.15) is 33.1 Å². The lowest BCUT2D eigenvalue weighted by atomic mass is 9.92. The van der Waals surface area contributed by atoms with Crippen molar-refractivity contribution in [1.82, 2.24) is 4.90 Å². The van der Waals surface area contributed by atoms with Crippen molar-refractivity contribution in [3.05, 3.63) is 0 Å². The van der Waals surface area contributed by atoms with Gasteiger partial charge in [-0.05, 0) is 18.8 Å². The Morgan fingerprint density at radius 1 is 1.62 bits per heavy atom. The average molecular weight is 184 g/mol. The van der Waals surface area contributed by atoms with Gasteiger partial charge in [0.05, 0.1) is 0 Å². The van der Waals surface area contributed by atoms with E-state index in [4.69, 9.17) is 5.73 Å². The molecular weight excluding hydrogens is 164 g/mol. The summed E-state index contributed by atoms with van der Waals surface area (Å²) in [6.45, 7) is 5.65. The minimum absolute atomic E-state index is 0.252. The van der Waals surface area contributed by atoms with Crippen LogP contribution in [0, 0.1) is 5.92 Å². The molecule has 0 spiro atoms. The van der Waals surface area contributed by atoms with E-state index in [1.807, 2.05) is 11.8 Å². The quantitative estimate of drug-likeness (QED) is 0.695. The molecular formula is C10H20N2O. The minimum Gasteiger partial charge on any atom is -0.338 e. The summed E-state index contributed by atoms with van der Waals surface area (Å²) in [5.74, 6) is 0.969. The van der Waals surface area contributed by atoms with Gasteiger partial charge in [0.15, 0.2) is 0 Å². The van der Waals surface area contributed by atoms with Gasteiger partial charge in [0.1, 0.15) is 0 Å². The number of carbonyl (C=O) groups is 1. The number of piperidine rings is 1. The molecule has 2 unspecified atom stereocenters. The molecule has 0 bridgehead atoms. The smallest absolute Gasteiger partial charge is 0.222 e. The number of carbonyl (C=O) groups excluding carboxylic acids is 1. The molecule has 0 aromatic heterocycles. The molecule has 13 heavy (non-hydrogen) atoms. The van der Waals surface area contributed by atoms with Crippen LogP contribution in [-0.4, -0.2) is 29.9 Å². The lowest BCUT2D eigenvalue weighted by molar-refractivity contribution is -0.134. The molecule has 76 valence electrons. The first kappa shape index (κ1) is 10.5. The van der Waals surface area contributed by atoms with Gasteiger partial charge in [0, 0.05) is 25.6 Å². The van der Waals surface area contributed by atoms with Gasteiger partial charge in [0.25, 0.3) is 0 Å². The molecule has 1 heterocycles. The lowest BCUT2D eigenvalue weighted by Gasteiger charge is -2.37. The largest absolute Gasteiger partial charge is 0.338 e. The van der Waals surface area contributed by atoms with Gasteiger partial charge in [-0.1, -0.05) is 13.8 Å². The second-order valence-corrected chi connectivity index (χ2v) is 3.96. The van der Waals surface area contributed by atoms with E-state index in [-0.39, 0.29) is 11.9 Å². The van der Waals surface area contributed by atoms with Crippen molar-refractivity contribution in [3.8, 4) is 0 Å². The van der Waals surface area contributed by atoms with Gasteiger partial charge >= 0.3 is 0 Å². The fourth-order valence-electron chi connectivity index (χ4n) is 2.01. The maximum Gasteiger partial charge on any atom is 0.222 e. The fraction of sp³-hybridized carbons (Fsp3) is 0.900. The Labute approximate surface area is 80.3 Å². The summed E-state index contributed by atoms with van der Waals surface area (Å²) in [4.78, 5) is 13.5. The zero-order valence-corrected chi connectivity index (χ0v) is 8.62. The summed E-state index contributed by atoms with van der Waals surface area (Å²) in [7, 11) is 0. The van der Waals surface area contributed by atoms with E-state index in [1.165, 1.54) is 0 Å². The first-order valence-corrected chi connectivity index (χ1v) is 5.18. The number of amides is 1. The summed E-state index contributed by atoms with van der Waals surface area (Å²) in [5, 5.41) is 0. The van der Waals surface area contributed by atoms with Gasteiger partial charge in [-0.15, -0.1) is 0 Å². The molecule has 0 aromatic carbocycles. The maximum atomic E-state index is 11.5. The Balaban J connectivity index is 2.57. The molecule has 1 aliphatic heterocycles. The highest BCUT2D eigenvalue weighted by Crippen LogP contribution is 2.22. The van der Waals surface area contributed by atoms with Crippen LogP contribution in [0.25, 0.3) is 0 Å². The molecule has 0 aliphatic carbocycles. The van der Waals surface area contributed by atoms with Gasteiger partial charge < -0.3 is 10.6 Å². The Bertz CT molecular complexity index is 182. The highest BCUT2D eigenvalue weighted by atomic mass is 16.2. The number of nitrogens with two attached hydrogens (primary N) is 1. The summed E-state index contributed by atoms with van der Waals surface area (Å²) in [6.07, 6.45) is 2.80. The van der Waals surface area contributed by atoms with Crippen LogP contribution in [0.2, 0.25) is 0 Å². The van der Waals surface area contributed by atoms with E-state index in [9.17, 15) is 4.79 Å². The SMILES string of the molecule is CCC(=O)N1CCC(C)CC1CN. The van der Waals surface area contributed by atoms with Crippen molar-refractivity contribution in [2.75, 3.05) is 13.1 Å². The predicted octanol–water partition coefficient (Wildman–Crippen LogP) is 0.982. The van der Waals surface area contributed by atoms with Gasteiger partial charge in [-0.25, -0.2) is 0 Å². The Hall–Kier alpha value is -0.570. The Morgan fingerprint density at radius 3 is 2.85 bits per heavy atom. The first-order valence-electron chi connectivity index (χ1n) is 5.18. The van der Waals surface area contributed by atoms with Gasteiger partial charge in [-0.2, -0.15) is 0 Å². The van der Waals surface area contributed by atoms with Crippen LogP contribution in [0.5, 0.6) is 0 Å². The third kappa shape index (κ3) is 2.44. The molecule has 2 atom stereocenters. The summed E-state index contributed by atoms with van der Waals surface area (Å²) >= 11 is 0. The van der Waals surface area contributed by atoms with Crippen molar-refractivity contribution in [2.45, 2.75) is 39.2 Å². The second-order valence-electron chi connectivity index (χ2n) is 3.96. The van der Waals surface area contributed by atoms with Crippen molar-refractivity contribution in [1.29, 1.82) is 0 Å². The molecule has 1 fully saturated rings. The van der Waals surface area contributed by atoms with Gasteiger partial charge in [0.2, 0.25) is 5.91 Å². The van der Waals surface area contributed by atoms with E-state index >= 15 is 0 Å². The van der Waals surface area contributed by atoms with Crippen LogP contribution in [0.15, 0.2) is 0 Å². The number of rotatable bonds is 2. The Kier molecular flexibility index (Phi) is 3.72. The van der Waals surface area contributed by atoms with E-state index in [0.29, 0.717) is 13.0 Å². The van der Waals surface area contributed by atoms with E-state index in [0.717, 1.165) is 25.3 Å². The van der Waals surface area contributed by atoms with Gasteiger partial charge in [-0.3, -0.25) is 4.79 Å². The molecule has 0 radical (unpaired) electrons. The number of nitrogens with zero attached hydrogens (tertiary/aromatic N) is 1. The van der Waals surface area contributed by atoms with Crippen LogP contribution >= 0.6 is 0 Å². The monoisotopic (exact) mass is 184 g/mol. The van der Waals surface area contributed by atoms with Crippen molar-refractivity contribution < 1.29 is 4.79 Å². The van der Waals surface area contributed by atoms with E-state index < -0.39 is 0 Å². The summed E-state index contributed by atoms with van der Waals surface area (Å²) in [6, 6.07) is 0.288. The average Bonchev–Trinajstić information content (AvgIpc) is 2.16. The fourth-order valence-corrected chi connectivity index (χ4v) is 2.01. The molecule has 0 saturated carbocycles. The zero-order valence-electron chi connectivity index (χ0n) is 8.62. The molecule has 1 aliphatic rings. The van der Waals surface area contributed by atoms with Crippen LogP contribution in [-0.2, 0) is 4.79 Å².